The first kappa shape index (κ1) is 17.4. The van der Waals surface area contributed by atoms with Crippen LogP contribution in [-0.4, -0.2) is 47.7 Å². The number of aromatic nitrogens is 2. The molecule has 2 aromatic rings. The molecule has 0 radical (unpaired) electrons. The fraction of sp³-hybridized carbons (Fsp3) is 0.421. The lowest BCUT2D eigenvalue weighted by molar-refractivity contribution is -0.00546. The maximum absolute atomic E-state index is 12.2. The zero-order chi connectivity index (χ0) is 17.6. The van der Waals surface area contributed by atoms with Crippen LogP contribution in [0.3, 0.4) is 0 Å². The van der Waals surface area contributed by atoms with Crippen molar-refractivity contribution in [3.8, 4) is 0 Å². The zero-order valence-electron chi connectivity index (χ0n) is 14.7. The number of carbonyl (C=O) groups is 1. The first-order valence-electron chi connectivity index (χ1n) is 8.66. The summed E-state index contributed by atoms with van der Waals surface area (Å²) in [5, 5.41) is 2.91. The molecule has 0 unspecified atom stereocenters. The highest BCUT2D eigenvalue weighted by Gasteiger charge is 2.23. The van der Waals surface area contributed by atoms with Crippen LogP contribution in [0.2, 0.25) is 0 Å². The number of rotatable bonds is 5. The van der Waals surface area contributed by atoms with Crippen LogP contribution in [0.1, 0.15) is 29.9 Å². The van der Waals surface area contributed by atoms with E-state index in [1.165, 1.54) is 0 Å². The molecule has 3 heterocycles. The van der Waals surface area contributed by atoms with Crippen molar-refractivity contribution in [2.24, 2.45) is 0 Å². The van der Waals surface area contributed by atoms with Gasteiger partial charge in [-0.25, -0.2) is 4.98 Å². The van der Waals surface area contributed by atoms with Gasteiger partial charge in [-0.15, -0.1) is 0 Å². The van der Waals surface area contributed by atoms with Crippen LogP contribution in [0.15, 0.2) is 42.7 Å². The maximum Gasteiger partial charge on any atom is 0.252 e. The minimum absolute atomic E-state index is 0.112. The lowest BCUT2D eigenvalue weighted by atomic mass is 10.2. The SMILES string of the molecule is C[C@@H]1CN(c2ccc(C(=O)NCCc3ccccn3)cn2)C[C@H](C)O1. The number of anilines is 1. The van der Waals surface area contributed by atoms with Gasteiger partial charge in [0.2, 0.25) is 0 Å². The summed E-state index contributed by atoms with van der Waals surface area (Å²) in [6.07, 6.45) is 4.46. The molecule has 0 spiro atoms. The van der Waals surface area contributed by atoms with Gasteiger partial charge in [-0.05, 0) is 38.1 Å². The van der Waals surface area contributed by atoms with Gasteiger partial charge >= 0.3 is 0 Å². The van der Waals surface area contributed by atoms with E-state index in [1.54, 1.807) is 12.4 Å². The number of morpholine rings is 1. The van der Waals surface area contributed by atoms with Crippen molar-refractivity contribution >= 4 is 11.7 Å². The third-order valence-corrected chi connectivity index (χ3v) is 4.15. The smallest absolute Gasteiger partial charge is 0.252 e. The zero-order valence-corrected chi connectivity index (χ0v) is 14.7. The van der Waals surface area contributed by atoms with E-state index in [9.17, 15) is 4.79 Å². The number of nitrogens with one attached hydrogen (secondary N) is 1. The van der Waals surface area contributed by atoms with E-state index in [4.69, 9.17) is 4.74 Å². The summed E-state index contributed by atoms with van der Waals surface area (Å²) < 4.78 is 5.74. The maximum atomic E-state index is 12.2. The Hall–Kier alpha value is -2.47. The largest absolute Gasteiger partial charge is 0.372 e. The van der Waals surface area contributed by atoms with E-state index in [2.05, 4.69) is 34.0 Å². The molecular weight excluding hydrogens is 316 g/mol. The molecule has 132 valence electrons. The van der Waals surface area contributed by atoms with Gasteiger partial charge in [0.15, 0.2) is 0 Å². The summed E-state index contributed by atoms with van der Waals surface area (Å²) >= 11 is 0. The molecule has 6 heteroatoms. The predicted molar refractivity (Wildman–Crippen MR) is 96.7 cm³/mol. The second-order valence-electron chi connectivity index (χ2n) is 6.39. The minimum atomic E-state index is -0.112. The summed E-state index contributed by atoms with van der Waals surface area (Å²) in [4.78, 5) is 23.1. The number of amides is 1. The average molecular weight is 340 g/mol. The van der Waals surface area contributed by atoms with E-state index in [0.717, 1.165) is 24.6 Å². The Morgan fingerprint density at radius 2 is 2.00 bits per heavy atom. The molecule has 1 aliphatic heterocycles. The highest BCUT2D eigenvalue weighted by Crippen LogP contribution is 2.18. The Kier molecular flexibility index (Phi) is 5.60. The fourth-order valence-electron chi connectivity index (χ4n) is 3.02. The van der Waals surface area contributed by atoms with Crippen LogP contribution in [0.5, 0.6) is 0 Å². The number of carbonyl (C=O) groups excluding carboxylic acids is 1. The predicted octanol–water partition coefficient (Wildman–Crippen LogP) is 2.06. The van der Waals surface area contributed by atoms with Crippen LogP contribution in [0.4, 0.5) is 5.82 Å². The molecule has 1 fully saturated rings. The van der Waals surface area contributed by atoms with E-state index in [1.807, 2.05) is 30.3 Å². The van der Waals surface area contributed by atoms with Gasteiger partial charge in [-0.3, -0.25) is 9.78 Å². The molecule has 1 amide bonds. The van der Waals surface area contributed by atoms with E-state index >= 15 is 0 Å². The van der Waals surface area contributed by atoms with Gasteiger partial charge in [0, 0.05) is 44.1 Å². The standard InChI is InChI=1S/C19H24N4O2/c1-14-12-23(13-15(2)25-14)18-7-6-16(11-22-18)19(24)21-10-8-17-5-3-4-9-20-17/h3-7,9,11,14-15H,8,10,12-13H2,1-2H3,(H,21,24)/t14-,15+. The summed E-state index contributed by atoms with van der Waals surface area (Å²) in [5.41, 5.74) is 1.53. The van der Waals surface area contributed by atoms with Gasteiger partial charge in [-0.2, -0.15) is 0 Å². The molecule has 2 aromatic heterocycles. The Morgan fingerprint density at radius 1 is 1.20 bits per heavy atom. The molecule has 1 saturated heterocycles. The molecule has 1 aliphatic rings. The van der Waals surface area contributed by atoms with Crippen LogP contribution in [0.25, 0.3) is 0 Å². The first-order chi connectivity index (χ1) is 12.1. The van der Waals surface area contributed by atoms with E-state index < -0.39 is 0 Å². The molecule has 3 rings (SSSR count). The minimum Gasteiger partial charge on any atom is -0.372 e. The summed E-state index contributed by atoms with van der Waals surface area (Å²) in [6, 6.07) is 9.50. The van der Waals surface area contributed by atoms with E-state index in [0.29, 0.717) is 18.5 Å². The molecule has 0 aliphatic carbocycles. The van der Waals surface area contributed by atoms with Crippen molar-refractivity contribution in [3.63, 3.8) is 0 Å². The lowest BCUT2D eigenvalue weighted by Crippen LogP contribution is -2.45. The molecule has 6 nitrogen and oxygen atoms in total. The highest BCUT2D eigenvalue weighted by atomic mass is 16.5. The Morgan fingerprint density at radius 3 is 2.64 bits per heavy atom. The third kappa shape index (κ3) is 4.76. The van der Waals surface area contributed by atoms with Gasteiger partial charge < -0.3 is 15.0 Å². The molecule has 25 heavy (non-hydrogen) atoms. The van der Waals surface area contributed by atoms with Gasteiger partial charge in [0.05, 0.1) is 17.8 Å². The quantitative estimate of drug-likeness (QED) is 0.902. The summed E-state index contributed by atoms with van der Waals surface area (Å²) in [7, 11) is 0. The normalized spacial score (nSPS) is 20.3. The number of nitrogens with zero attached hydrogens (tertiary/aromatic N) is 3. The van der Waals surface area contributed by atoms with Crippen molar-refractivity contribution in [1.29, 1.82) is 0 Å². The molecular formula is C19H24N4O2. The van der Waals surface area contributed by atoms with Gasteiger partial charge in [-0.1, -0.05) is 6.07 Å². The van der Waals surface area contributed by atoms with Crippen LogP contribution in [0, 0.1) is 0 Å². The molecule has 0 bridgehead atoms. The number of hydrogen-bond donors (Lipinski definition) is 1. The van der Waals surface area contributed by atoms with Gasteiger partial charge in [0.25, 0.3) is 5.91 Å². The van der Waals surface area contributed by atoms with Crippen LogP contribution >= 0.6 is 0 Å². The van der Waals surface area contributed by atoms with Crippen molar-refractivity contribution in [1.82, 2.24) is 15.3 Å². The summed E-state index contributed by atoms with van der Waals surface area (Å²) in [5.74, 6) is 0.769. The van der Waals surface area contributed by atoms with Gasteiger partial charge in [0.1, 0.15) is 5.82 Å². The topological polar surface area (TPSA) is 67.4 Å². The highest BCUT2D eigenvalue weighted by molar-refractivity contribution is 5.94. The first-order valence-corrected chi connectivity index (χ1v) is 8.66. The summed E-state index contributed by atoms with van der Waals surface area (Å²) in [6.45, 7) is 6.30. The number of pyridine rings is 2. The lowest BCUT2D eigenvalue weighted by Gasteiger charge is -2.36. The van der Waals surface area contributed by atoms with Crippen molar-refractivity contribution in [2.45, 2.75) is 32.5 Å². The Labute approximate surface area is 148 Å². The third-order valence-electron chi connectivity index (χ3n) is 4.15. The Bertz CT molecular complexity index is 680. The van der Waals surface area contributed by atoms with Crippen LogP contribution < -0.4 is 10.2 Å². The number of hydrogen-bond acceptors (Lipinski definition) is 5. The fourth-order valence-corrected chi connectivity index (χ4v) is 3.02. The second-order valence-corrected chi connectivity index (χ2v) is 6.39. The van der Waals surface area contributed by atoms with Crippen molar-refractivity contribution < 1.29 is 9.53 Å². The van der Waals surface area contributed by atoms with Crippen LogP contribution in [-0.2, 0) is 11.2 Å². The molecule has 2 atom stereocenters. The Balaban J connectivity index is 1.53. The van der Waals surface area contributed by atoms with Crippen molar-refractivity contribution in [3.05, 3.63) is 54.0 Å². The molecule has 0 saturated carbocycles. The molecule has 0 aromatic carbocycles. The van der Waals surface area contributed by atoms with Crippen molar-refractivity contribution in [2.75, 3.05) is 24.5 Å². The monoisotopic (exact) mass is 340 g/mol. The van der Waals surface area contributed by atoms with E-state index in [-0.39, 0.29) is 18.1 Å². The number of ether oxygens (including phenoxy) is 1. The molecule has 1 N–H and O–H groups in total. The second kappa shape index (κ2) is 8.07. The average Bonchev–Trinajstić information content (AvgIpc) is 2.62.